The molecule has 0 unspecified atom stereocenters. The largest absolute Gasteiger partial charge is 0.342 e. The van der Waals surface area contributed by atoms with Crippen molar-refractivity contribution in [3.8, 4) is 6.07 Å². The first-order chi connectivity index (χ1) is 16.6. The Kier molecular flexibility index (Phi) is 5.68. The number of hydrogen-bond acceptors (Lipinski definition) is 2. The number of amides is 1. The minimum Gasteiger partial charge on any atom is -0.342 e. The van der Waals surface area contributed by atoms with Gasteiger partial charge in [0.2, 0.25) is 0 Å². The number of nitriles is 1. The molecule has 4 heteroatoms. The molecule has 1 aromatic heterocycles. The lowest BCUT2D eigenvalue weighted by molar-refractivity contribution is -0.112. The van der Waals surface area contributed by atoms with E-state index in [1.807, 2.05) is 67.7 Å². The number of carbonyl (C=O) groups excluding carboxylic acids is 1. The van der Waals surface area contributed by atoms with Crippen molar-refractivity contribution in [2.45, 2.75) is 13.5 Å². The van der Waals surface area contributed by atoms with Crippen LogP contribution in [-0.2, 0) is 11.3 Å². The normalized spacial score (nSPS) is 11.5. The minimum atomic E-state index is -0.417. The molecular formula is C30H23N3O. The topological polar surface area (TPSA) is 57.8 Å². The van der Waals surface area contributed by atoms with Gasteiger partial charge in [-0.05, 0) is 59.2 Å². The lowest BCUT2D eigenvalue weighted by Gasteiger charge is -2.07. The van der Waals surface area contributed by atoms with Gasteiger partial charge in [-0.15, -0.1) is 0 Å². The van der Waals surface area contributed by atoms with E-state index in [9.17, 15) is 10.1 Å². The van der Waals surface area contributed by atoms with E-state index in [-0.39, 0.29) is 5.57 Å². The number of benzene rings is 4. The molecule has 0 aliphatic heterocycles. The number of anilines is 1. The molecule has 0 radical (unpaired) electrons. The van der Waals surface area contributed by atoms with Crippen LogP contribution in [0.1, 0.15) is 16.7 Å². The van der Waals surface area contributed by atoms with Crippen molar-refractivity contribution >= 4 is 39.3 Å². The SMILES string of the molecule is Cc1cccc(NC(=O)/C(C#N)=C\c2cn(Cc3ccc4ccccc4c3)c3ccccc23)c1. The average Bonchev–Trinajstić information content (AvgIpc) is 3.19. The van der Waals surface area contributed by atoms with E-state index < -0.39 is 5.91 Å². The van der Waals surface area contributed by atoms with E-state index in [0.29, 0.717) is 12.2 Å². The number of aromatic nitrogens is 1. The molecule has 1 heterocycles. The van der Waals surface area contributed by atoms with E-state index >= 15 is 0 Å². The van der Waals surface area contributed by atoms with Gasteiger partial charge in [0.05, 0.1) is 0 Å². The average molecular weight is 442 g/mol. The highest BCUT2D eigenvalue weighted by molar-refractivity contribution is 6.10. The van der Waals surface area contributed by atoms with Crippen LogP contribution in [0.15, 0.2) is 103 Å². The van der Waals surface area contributed by atoms with Crippen LogP contribution >= 0.6 is 0 Å². The smallest absolute Gasteiger partial charge is 0.266 e. The van der Waals surface area contributed by atoms with Crippen LogP contribution in [0.5, 0.6) is 0 Å². The zero-order valence-corrected chi connectivity index (χ0v) is 18.8. The number of para-hydroxylation sites is 1. The molecule has 0 aliphatic rings. The highest BCUT2D eigenvalue weighted by Crippen LogP contribution is 2.26. The van der Waals surface area contributed by atoms with E-state index in [4.69, 9.17) is 0 Å². The number of rotatable bonds is 5. The summed E-state index contributed by atoms with van der Waals surface area (Å²) in [7, 11) is 0. The van der Waals surface area contributed by atoms with Crippen LogP contribution in [-0.4, -0.2) is 10.5 Å². The second-order valence-corrected chi connectivity index (χ2v) is 8.40. The summed E-state index contributed by atoms with van der Waals surface area (Å²) in [6, 6.07) is 32.5. The number of carbonyl (C=O) groups is 1. The van der Waals surface area contributed by atoms with Crippen LogP contribution in [0.3, 0.4) is 0 Å². The lowest BCUT2D eigenvalue weighted by Crippen LogP contribution is -2.13. The summed E-state index contributed by atoms with van der Waals surface area (Å²) in [5, 5.41) is 16.0. The first-order valence-corrected chi connectivity index (χ1v) is 11.2. The van der Waals surface area contributed by atoms with E-state index in [1.54, 1.807) is 6.08 Å². The Morgan fingerprint density at radius 2 is 1.74 bits per heavy atom. The van der Waals surface area contributed by atoms with Gasteiger partial charge in [-0.3, -0.25) is 4.79 Å². The van der Waals surface area contributed by atoms with Gasteiger partial charge >= 0.3 is 0 Å². The van der Waals surface area contributed by atoms with Gasteiger partial charge in [0.15, 0.2) is 0 Å². The highest BCUT2D eigenvalue weighted by atomic mass is 16.1. The molecule has 0 atom stereocenters. The van der Waals surface area contributed by atoms with Crippen LogP contribution in [0, 0.1) is 18.3 Å². The Morgan fingerprint density at radius 3 is 2.56 bits per heavy atom. The van der Waals surface area contributed by atoms with E-state index in [2.05, 4.69) is 52.4 Å². The molecule has 34 heavy (non-hydrogen) atoms. The molecule has 0 saturated heterocycles. The summed E-state index contributed by atoms with van der Waals surface area (Å²) in [6.45, 7) is 2.65. The zero-order valence-electron chi connectivity index (χ0n) is 18.8. The van der Waals surface area contributed by atoms with Gasteiger partial charge in [-0.2, -0.15) is 5.26 Å². The highest BCUT2D eigenvalue weighted by Gasteiger charge is 2.13. The van der Waals surface area contributed by atoms with Crippen LogP contribution in [0.4, 0.5) is 5.69 Å². The third-order valence-electron chi connectivity index (χ3n) is 5.93. The van der Waals surface area contributed by atoms with Gasteiger partial charge in [-0.25, -0.2) is 0 Å². The van der Waals surface area contributed by atoms with E-state index in [1.165, 1.54) is 16.3 Å². The van der Waals surface area contributed by atoms with E-state index in [0.717, 1.165) is 22.0 Å². The van der Waals surface area contributed by atoms with Gasteiger partial charge in [-0.1, -0.05) is 66.7 Å². The third kappa shape index (κ3) is 4.32. The van der Waals surface area contributed by atoms with Gasteiger partial charge < -0.3 is 9.88 Å². The third-order valence-corrected chi connectivity index (χ3v) is 5.93. The standard InChI is InChI=1S/C30H23N3O/c1-21-7-6-10-27(15-21)32-30(34)25(18-31)17-26-20-33(29-12-5-4-11-28(26)29)19-22-13-14-23-8-2-3-9-24(23)16-22/h2-17,20H,19H2,1H3,(H,32,34)/b25-17-. The number of nitrogens with one attached hydrogen (secondary N) is 1. The Labute approximate surface area is 198 Å². The van der Waals surface area contributed by atoms with Crippen molar-refractivity contribution in [3.05, 3.63) is 119 Å². The quantitative estimate of drug-likeness (QED) is 0.244. The maximum absolute atomic E-state index is 12.8. The molecule has 0 spiro atoms. The molecular weight excluding hydrogens is 418 g/mol. The molecule has 0 fully saturated rings. The molecule has 5 aromatic rings. The first-order valence-electron chi connectivity index (χ1n) is 11.2. The number of hydrogen-bond donors (Lipinski definition) is 1. The van der Waals surface area contributed by atoms with Crippen molar-refractivity contribution in [2.75, 3.05) is 5.32 Å². The Bertz CT molecular complexity index is 1600. The van der Waals surface area contributed by atoms with Gasteiger partial charge in [0, 0.05) is 34.9 Å². The fraction of sp³-hybridized carbons (Fsp3) is 0.0667. The number of fused-ring (bicyclic) bond motifs is 2. The maximum Gasteiger partial charge on any atom is 0.266 e. The predicted molar refractivity (Wildman–Crippen MR) is 138 cm³/mol. The zero-order chi connectivity index (χ0) is 23.5. The van der Waals surface area contributed by atoms with Crippen LogP contribution in [0.2, 0.25) is 0 Å². The van der Waals surface area contributed by atoms with Crippen LogP contribution < -0.4 is 5.32 Å². The van der Waals surface area contributed by atoms with Crippen molar-refractivity contribution < 1.29 is 4.79 Å². The molecule has 1 N–H and O–H groups in total. The molecule has 0 bridgehead atoms. The molecule has 5 rings (SSSR count). The second-order valence-electron chi connectivity index (χ2n) is 8.40. The van der Waals surface area contributed by atoms with Crippen molar-refractivity contribution in [1.82, 2.24) is 4.57 Å². The van der Waals surface area contributed by atoms with Crippen molar-refractivity contribution in [1.29, 1.82) is 5.26 Å². The molecule has 1 amide bonds. The monoisotopic (exact) mass is 441 g/mol. The number of nitrogens with zero attached hydrogens (tertiary/aromatic N) is 2. The van der Waals surface area contributed by atoms with Gasteiger partial charge in [0.25, 0.3) is 5.91 Å². The molecule has 0 aliphatic carbocycles. The summed E-state index contributed by atoms with van der Waals surface area (Å²) >= 11 is 0. The summed E-state index contributed by atoms with van der Waals surface area (Å²) in [4.78, 5) is 12.8. The second kappa shape index (κ2) is 9.09. The predicted octanol–water partition coefficient (Wildman–Crippen LogP) is 6.70. The maximum atomic E-state index is 12.8. The lowest BCUT2D eigenvalue weighted by atomic mass is 10.1. The fourth-order valence-corrected chi connectivity index (χ4v) is 4.28. The van der Waals surface area contributed by atoms with Crippen LogP contribution in [0.25, 0.3) is 27.8 Å². The molecule has 4 nitrogen and oxygen atoms in total. The van der Waals surface area contributed by atoms with Crippen molar-refractivity contribution in [3.63, 3.8) is 0 Å². The molecule has 0 saturated carbocycles. The summed E-state index contributed by atoms with van der Waals surface area (Å²) in [6.07, 6.45) is 3.68. The Hall–Kier alpha value is -4.62. The first kappa shape index (κ1) is 21.2. The summed E-state index contributed by atoms with van der Waals surface area (Å²) < 4.78 is 2.17. The Morgan fingerprint density at radius 1 is 0.941 bits per heavy atom. The molecule has 4 aromatic carbocycles. The van der Waals surface area contributed by atoms with Crippen molar-refractivity contribution in [2.24, 2.45) is 0 Å². The summed E-state index contributed by atoms with van der Waals surface area (Å²) in [5.41, 5.74) is 4.86. The number of aryl methyl sites for hydroxylation is 1. The summed E-state index contributed by atoms with van der Waals surface area (Å²) in [5.74, 6) is -0.417. The Balaban J connectivity index is 1.49. The molecule has 164 valence electrons. The fourth-order valence-electron chi connectivity index (χ4n) is 4.28. The van der Waals surface area contributed by atoms with Gasteiger partial charge in [0.1, 0.15) is 11.6 Å². The minimum absolute atomic E-state index is 0.0649.